The van der Waals surface area contributed by atoms with E-state index in [0.717, 1.165) is 21.1 Å². The molecular weight excluding hydrogens is 317 g/mol. The molecule has 0 N–H and O–H groups in total. The molecule has 0 amide bonds. The predicted octanol–water partition coefficient (Wildman–Crippen LogP) is 5.31. The Kier molecular flexibility index (Phi) is 3.61. The van der Waals surface area contributed by atoms with Gasteiger partial charge in [0.2, 0.25) is 0 Å². The summed E-state index contributed by atoms with van der Waals surface area (Å²) in [6.07, 6.45) is 3.55. The summed E-state index contributed by atoms with van der Waals surface area (Å²) < 4.78 is 14.5. The number of halogens is 2. The predicted molar refractivity (Wildman–Crippen MR) is 84.8 cm³/mol. The average Bonchev–Trinajstić information content (AvgIpc) is 2.48. The van der Waals surface area contributed by atoms with Crippen molar-refractivity contribution >= 4 is 39.0 Å². The van der Waals surface area contributed by atoms with Crippen LogP contribution in [0, 0.1) is 5.82 Å². The minimum atomic E-state index is -0.245. The second-order valence-corrected chi connectivity index (χ2v) is 5.34. The summed E-state index contributed by atoms with van der Waals surface area (Å²) in [4.78, 5) is 4.52. The molecule has 0 saturated carbocycles. The Labute approximate surface area is 124 Å². The lowest BCUT2D eigenvalue weighted by atomic mass is 10.1. The number of benzene rings is 2. The Morgan fingerprint density at radius 3 is 2.70 bits per heavy atom. The van der Waals surface area contributed by atoms with Crippen molar-refractivity contribution < 1.29 is 4.39 Å². The molecule has 0 aliphatic carbocycles. The van der Waals surface area contributed by atoms with Gasteiger partial charge in [-0.3, -0.25) is 0 Å². The summed E-state index contributed by atoms with van der Waals surface area (Å²) in [5, 5.41) is 1.10. The maximum atomic E-state index is 13.6. The van der Waals surface area contributed by atoms with Gasteiger partial charge in [0, 0.05) is 15.4 Å². The topological polar surface area (TPSA) is 12.9 Å². The van der Waals surface area contributed by atoms with Crippen molar-refractivity contribution in [3.63, 3.8) is 0 Å². The first-order valence-electron chi connectivity index (χ1n) is 6.21. The van der Waals surface area contributed by atoms with Crippen LogP contribution in [0.15, 0.2) is 59.1 Å². The zero-order valence-electron chi connectivity index (χ0n) is 10.6. The van der Waals surface area contributed by atoms with Crippen molar-refractivity contribution in [3.8, 4) is 0 Å². The Morgan fingerprint density at radius 2 is 1.80 bits per heavy atom. The van der Waals surface area contributed by atoms with Crippen LogP contribution in [-0.2, 0) is 0 Å². The lowest BCUT2D eigenvalue weighted by Crippen LogP contribution is -1.84. The maximum absolute atomic E-state index is 13.6. The van der Waals surface area contributed by atoms with Gasteiger partial charge in [0.25, 0.3) is 0 Å². The number of para-hydroxylation sites is 1. The third-order valence-electron chi connectivity index (χ3n) is 3.01. The highest BCUT2D eigenvalue weighted by atomic mass is 79.9. The Balaban J connectivity index is 1.96. The number of pyridine rings is 1. The van der Waals surface area contributed by atoms with Gasteiger partial charge in [-0.05, 0) is 42.5 Å². The standard InChI is InChI=1S/C17H11BrFN/c18-14-7-10-16(19)13(11-14)6-9-15-8-5-12-3-1-2-4-17(12)20-15/h1-11H/b9-6+. The first-order chi connectivity index (χ1) is 9.72. The molecule has 1 heterocycles. The van der Waals surface area contributed by atoms with Gasteiger partial charge in [-0.2, -0.15) is 0 Å². The molecule has 0 saturated heterocycles. The highest BCUT2D eigenvalue weighted by molar-refractivity contribution is 9.10. The Hall–Kier alpha value is -2.00. The van der Waals surface area contributed by atoms with E-state index in [2.05, 4.69) is 20.9 Å². The SMILES string of the molecule is Fc1ccc(Br)cc1/C=C/c1ccc2ccccc2n1. The molecule has 0 bridgehead atoms. The summed E-state index contributed by atoms with van der Waals surface area (Å²) >= 11 is 3.34. The number of rotatable bonds is 2. The second kappa shape index (κ2) is 5.55. The number of nitrogens with zero attached hydrogens (tertiary/aromatic N) is 1. The van der Waals surface area contributed by atoms with Crippen LogP contribution in [0.5, 0.6) is 0 Å². The van der Waals surface area contributed by atoms with Gasteiger partial charge in [0.15, 0.2) is 0 Å². The van der Waals surface area contributed by atoms with Crippen molar-refractivity contribution in [2.45, 2.75) is 0 Å². The fourth-order valence-electron chi connectivity index (χ4n) is 1.99. The number of hydrogen-bond donors (Lipinski definition) is 0. The van der Waals surface area contributed by atoms with Crippen molar-refractivity contribution in [1.29, 1.82) is 0 Å². The summed E-state index contributed by atoms with van der Waals surface area (Å²) in [6, 6.07) is 16.7. The zero-order chi connectivity index (χ0) is 13.9. The smallest absolute Gasteiger partial charge is 0.130 e. The lowest BCUT2D eigenvalue weighted by molar-refractivity contribution is 0.625. The summed E-state index contributed by atoms with van der Waals surface area (Å²) in [5.74, 6) is -0.245. The molecule has 3 aromatic rings. The molecule has 20 heavy (non-hydrogen) atoms. The summed E-state index contributed by atoms with van der Waals surface area (Å²) in [7, 11) is 0. The van der Waals surface area contributed by atoms with Crippen LogP contribution in [0.3, 0.4) is 0 Å². The first kappa shape index (κ1) is 13.0. The molecule has 0 aliphatic rings. The normalized spacial score (nSPS) is 11.3. The molecule has 3 rings (SSSR count). The van der Waals surface area contributed by atoms with Gasteiger partial charge < -0.3 is 0 Å². The Bertz CT molecular complexity index is 796. The van der Waals surface area contributed by atoms with E-state index in [1.54, 1.807) is 18.2 Å². The van der Waals surface area contributed by atoms with E-state index < -0.39 is 0 Å². The number of fused-ring (bicyclic) bond motifs is 1. The molecular formula is C17H11BrFN. The van der Waals surface area contributed by atoms with Crippen molar-refractivity contribution in [3.05, 3.63) is 76.1 Å². The lowest BCUT2D eigenvalue weighted by Gasteiger charge is -2.00. The van der Waals surface area contributed by atoms with Crippen LogP contribution in [0.25, 0.3) is 23.1 Å². The second-order valence-electron chi connectivity index (χ2n) is 4.43. The van der Waals surface area contributed by atoms with Gasteiger partial charge in [-0.1, -0.05) is 40.2 Å². The molecule has 2 aromatic carbocycles. The molecule has 0 unspecified atom stereocenters. The molecule has 3 heteroatoms. The highest BCUT2D eigenvalue weighted by Crippen LogP contribution is 2.18. The molecule has 0 radical (unpaired) electrons. The van der Waals surface area contributed by atoms with Gasteiger partial charge >= 0.3 is 0 Å². The number of hydrogen-bond acceptors (Lipinski definition) is 1. The molecule has 0 spiro atoms. The summed E-state index contributed by atoms with van der Waals surface area (Å²) in [6.45, 7) is 0. The van der Waals surface area contributed by atoms with Crippen LogP contribution in [-0.4, -0.2) is 4.98 Å². The minimum Gasteiger partial charge on any atom is -0.248 e. The van der Waals surface area contributed by atoms with E-state index in [9.17, 15) is 4.39 Å². The zero-order valence-corrected chi connectivity index (χ0v) is 12.1. The van der Waals surface area contributed by atoms with Crippen LogP contribution in [0.2, 0.25) is 0 Å². The summed E-state index contributed by atoms with van der Waals surface area (Å²) in [5.41, 5.74) is 2.28. The quantitative estimate of drug-likeness (QED) is 0.621. The van der Waals surface area contributed by atoms with Gasteiger partial charge in [0.05, 0.1) is 11.2 Å². The van der Waals surface area contributed by atoms with Gasteiger partial charge in [-0.15, -0.1) is 0 Å². The van der Waals surface area contributed by atoms with Crippen LogP contribution in [0.1, 0.15) is 11.3 Å². The molecule has 1 nitrogen and oxygen atoms in total. The third-order valence-corrected chi connectivity index (χ3v) is 3.50. The van der Waals surface area contributed by atoms with E-state index in [1.165, 1.54) is 6.07 Å². The number of aromatic nitrogens is 1. The van der Waals surface area contributed by atoms with E-state index in [1.807, 2.05) is 42.5 Å². The third kappa shape index (κ3) is 2.78. The van der Waals surface area contributed by atoms with Crippen LogP contribution < -0.4 is 0 Å². The van der Waals surface area contributed by atoms with E-state index >= 15 is 0 Å². The van der Waals surface area contributed by atoms with E-state index in [4.69, 9.17) is 0 Å². The highest BCUT2D eigenvalue weighted by Gasteiger charge is 1.99. The maximum Gasteiger partial charge on any atom is 0.130 e. The molecule has 1 aromatic heterocycles. The largest absolute Gasteiger partial charge is 0.248 e. The molecule has 0 aliphatic heterocycles. The Morgan fingerprint density at radius 1 is 0.950 bits per heavy atom. The fourth-order valence-corrected chi connectivity index (χ4v) is 2.37. The van der Waals surface area contributed by atoms with Crippen molar-refractivity contribution in [2.75, 3.05) is 0 Å². The van der Waals surface area contributed by atoms with Gasteiger partial charge in [-0.25, -0.2) is 9.37 Å². The van der Waals surface area contributed by atoms with E-state index in [-0.39, 0.29) is 5.82 Å². The molecule has 0 fully saturated rings. The monoisotopic (exact) mass is 327 g/mol. The van der Waals surface area contributed by atoms with E-state index in [0.29, 0.717) is 5.56 Å². The van der Waals surface area contributed by atoms with Crippen LogP contribution >= 0.6 is 15.9 Å². The molecule has 0 atom stereocenters. The minimum absolute atomic E-state index is 0.245. The van der Waals surface area contributed by atoms with Crippen molar-refractivity contribution in [2.24, 2.45) is 0 Å². The van der Waals surface area contributed by atoms with Crippen molar-refractivity contribution in [1.82, 2.24) is 4.98 Å². The fraction of sp³-hybridized carbons (Fsp3) is 0. The van der Waals surface area contributed by atoms with Gasteiger partial charge in [0.1, 0.15) is 5.82 Å². The average molecular weight is 328 g/mol. The first-order valence-corrected chi connectivity index (χ1v) is 7.00. The van der Waals surface area contributed by atoms with Crippen LogP contribution in [0.4, 0.5) is 4.39 Å². The molecule has 98 valence electrons.